The number of carbonyl (C=O) groups excluding carboxylic acids is 1. The third-order valence-corrected chi connectivity index (χ3v) is 6.79. The number of amides is 1. The van der Waals surface area contributed by atoms with Crippen molar-refractivity contribution in [1.82, 2.24) is 5.32 Å². The number of thioether (sulfide) groups is 1. The Hall–Kier alpha value is -4.16. The molecule has 1 aliphatic heterocycles. The van der Waals surface area contributed by atoms with Crippen LogP contribution >= 0.6 is 11.8 Å². The van der Waals surface area contributed by atoms with Crippen LogP contribution in [0, 0.1) is 10.1 Å². The fourth-order valence-corrected chi connectivity index (χ4v) is 4.79. The van der Waals surface area contributed by atoms with Gasteiger partial charge in [-0.25, -0.2) is 4.99 Å². The quantitative estimate of drug-likeness (QED) is 0.215. The normalized spacial score (nSPS) is 15.7. The van der Waals surface area contributed by atoms with Gasteiger partial charge >= 0.3 is 10.1 Å². The lowest BCUT2D eigenvalue weighted by atomic mass is 10.2. The molecule has 1 fully saturated rings. The third-order valence-electron chi connectivity index (χ3n) is 4.63. The van der Waals surface area contributed by atoms with Crippen LogP contribution in [0.4, 0.5) is 11.4 Å². The van der Waals surface area contributed by atoms with Gasteiger partial charge in [-0.1, -0.05) is 18.2 Å². The predicted octanol–water partition coefficient (Wildman–Crippen LogP) is 4.26. The minimum Gasteiger partial charge on any atom is -0.497 e. The van der Waals surface area contributed by atoms with E-state index in [9.17, 15) is 23.3 Å². The van der Waals surface area contributed by atoms with Gasteiger partial charge in [0, 0.05) is 12.1 Å². The van der Waals surface area contributed by atoms with Gasteiger partial charge in [-0.15, -0.1) is 0 Å². The number of nitro benzene ring substituents is 1. The van der Waals surface area contributed by atoms with Crippen molar-refractivity contribution in [1.29, 1.82) is 0 Å². The molecule has 0 bridgehead atoms. The molecule has 3 aromatic carbocycles. The minimum atomic E-state index is -4.31. The van der Waals surface area contributed by atoms with Gasteiger partial charge in [-0.3, -0.25) is 14.9 Å². The zero-order chi connectivity index (χ0) is 25.0. The minimum absolute atomic E-state index is 0.0126. The summed E-state index contributed by atoms with van der Waals surface area (Å²) in [6.07, 6.45) is 1.57. The van der Waals surface area contributed by atoms with Crippen molar-refractivity contribution in [2.75, 3.05) is 7.11 Å². The number of nitrogens with zero attached hydrogens (tertiary/aromatic N) is 2. The maximum atomic E-state index is 12.6. The zero-order valence-corrected chi connectivity index (χ0v) is 19.7. The fraction of sp³-hybridized carbons (Fsp3) is 0.0435. The molecule has 35 heavy (non-hydrogen) atoms. The number of nitro groups is 1. The lowest BCUT2D eigenvalue weighted by Gasteiger charge is -2.07. The summed E-state index contributed by atoms with van der Waals surface area (Å²) in [5, 5.41) is 14.0. The molecule has 0 unspecified atom stereocenters. The average molecular weight is 512 g/mol. The number of benzene rings is 3. The molecule has 1 aliphatic rings. The largest absolute Gasteiger partial charge is 0.497 e. The van der Waals surface area contributed by atoms with Crippen molar-refractivity contribution in [3.05, 3.63) is 93.4 Å². The topological polar surface area (TPSA) is 137 Å². The smallest absolute Gasteiger partial charge is 0.339 e. The summed E-state index contributed by atoms with van der Waals surface area (Å²) in [6.45, 7) is 0. The number of carbonyl (C=O) groups is 1. The Morgan fingerprint density at radius 1 is 1.03 bits per heavy atom. The van der Waals surface area contributed by atoms with Crippen LogP contribution in [0.15, 0.2) is 87.6 Å². The van der Waals surface area contributed by atoms with E-state index in [4.69, 9.17) is 8.92 Å². The lowest BCUT2D eigenvalue weighted by Crippen LogP contribution is -2.19. The zero-order valence-electron chi connectivity index (χ0n) is 18.1. The van der Waals surface area contributed by atoms with Crippen molar-refractivity contribution in [3.63, 3.8) is 0 Å². The van der Waals surface area contributed by atoms with E-state index >= 15 is 0 Å². The SMILES string of the molecule is COc1ccc(N=C2NC(=O)/C(=C/c3cccc(OS(=O)(=O)c4cccc([N+](=O)[O-])c4)c3)S2)cc1. The Morgan fingerprint density at radius 3 is 2.49 bits per heavy atom. The lowest BCUT2D eigenvalue weighted by molar-refractivity contribution is -0.385. The maximum Gasteiger partial charge on any atom is 0.339 e. The second-order valence-electron chi connectivity index (χ2n) is 7.04. The highest BCUT2D eigenvalue weighted by Gasteiger charge is 2.24. The number of amidine groups is 1. The summed E-state index contributed by atoms with van der Waals surface area (Å²) in [7, 11) is -2.75. The van der Waals surface area contributed by atoms with Crippen LogP contribution in [0.5, 0.6) is 11.5 Å². The van der Waals surface area contributed by atoms with Gasteiger partial charge in [0.05, 0.1) is 22.6 Å². The van der Waals surface area contributed by atoms with Crippen molar-refractivity contribution < 1.29 is 27.1 Å². The summed E-state index contributed by atoms with van der Waals surface area (Å²) in [4.78, 5) is 27.0. The number of hydrogen-bond donors (Lipinski definition) is 1. The number of aliphatic imine (C=N–C) groups is 1. The number of rotatable bonds is 7. The van der Waals surface area contributed by atoms with Crippen LogP contribution in [-0.4, -0.2) is 31.5 Å². The first kappa shape index (κ1) is 24.0. The molecular weight excluding hydrogens is 494 g/mol. The highest BCUT2D eigenvalue weighted by molar-refractivity contribution is 8.18. The van der Waals surface area contributed by atoms with Crippen molar-refractivity contribution in [2.24, 2.45) is 4.99 Å². The Kier molecular flexibility index (Phi) is 6.85. The van der Waals surface area contributed by atoms with Crippen LogP contribution in [0.2, 0.25) is 0 Å². The molecule has 178 valence electrons. The van der Waals surface area contributed by atoms with E-state index in [-0.39, 0.29) is 22.2 Å². The van der Waals surface area contributed by atoms with Gasteiger partial charge < -0.3 is 14.2 Å². The van der Waals surface area contributed by atoms with Gasteiger partial charge in [0.15, 0.2) is 5.17 Å². The molecule has 0 atom stereocenters. The Balaban J connectivity index is 1.52. The van der Waals surface area contributed by atoms with Crippen molar-refractivity contribution >= 4 is 50.4 Å². The summed E-state index contributed by atoms with van der Waals surface area (Å²) in [5.41, 5.74) is 0.779. The predicted molar refractivity (Wildman–Crippen MR) is 131 cm³/mol. The average Bonchev–Trinajstić information content (AvgIpc) is 3.17. The molecular formula is C23H17N3O7S2. The molecule has 1 N–H and O–H groups in total. The highest BCUT2D eigenvalue weighted by Crippen LogP contribution is 2.30. The highest BCUT2D eigenvalue weighted by atomic mass is 32.2. The number of nitrogens with one attached hydrogen (secondary N) is 1. The van der Waals surface area contributed by atoms with Crippen LogP contribution in [-0.2, 0) is 14.9 Å². The van der Waals surface area contributed by atoms with Gasteiger partial charge in [-0.05, 0) is 65.9 Å². The molecule has 10 nitrogen and oxygen atoms in total. The Labute approximate surface area is 204 Å². The van der Waals surface area contributed by atoms with Gasteiger partial charge in [0.25, 0.3) is 11.6 Å². The fourth-order valence-electron chi connectivity index (χ4n) is 2.99. The van der Waals surface area contributed by atoms with E-state index in [1.807, 2.05) is 0 Å². The molecule has 0 aromatic heterocycles. The molecule has 3 aromatic rings. The van der Waals surface area contributed by atoms with E-state index in [0.717, 1.165) is 17.8 Å². The molecule has 0 aliphatic carbocycles. The van der Waals surface area contributed by atoms with E-state index in [1.165, 1.54) is 30.3 Å². The number of hydrogen-bond acceptors (Lipinski definition) is 9. The van der Waals surface area contributed by atoms with Crippen LogP contribution in [0.1, 0.15) is 5.56 Å². The molecule has 12 heteroatoms. The molecule has 1 heterocycles. The monoisotopic (exact) mass is 511 g/mol. The summed E-state index contributed by atoms with van der Waals surface area (Å²) in [5.74, 6) is 0.325. The second-order valence-corrected chi connectivity index (χ2v) is 9.62. The van der Waals surface area contributed by atoms with Gasteiger partial charge in [0.1, 0.15) is 16.4 Å². The van der Waals surface area contributed by atoms with Crippen molar-refractivity contribution in [3.8, 4) is 11.5 Å². The summed E-state index contributed by atoms with van der Waals surface area (Å²) in [6, 6.07) is 17.7. The van der Waals surface area contributed by atoms with Crippen LogP contribution in [0.3, 0.4) is 0 Å². The van der Waals surface area contributed by atoms with E-state index in [2.05, 4.69) is 10.3 Å². The van der Waals surface area contributed by atoms with Crippen LogP contribution < -0.4 is 14.2 Å². The summed E-state index contributed by atoms with van der Waals surface area (Å²) >= 11 is 1.13. The molecule has 1 saturated heterocycles. The Bertz CT molecular complexity index is 1470. The first-order chi connectivity index (χ1) is 16.7. The van der Waals surface area contributed by atoms with Gasteiger partial charge in [-0.2, -0.15) is 8.42 Å². The number of non-ortho nitro benzene ring substituents is 1. The number of ether oxygens (including phenoxy) is 1. The molecule has 0 radical (unpaired) electrons. The molecule has 4 rings (SSSR count). The molecule has 0 saturated carbocycles. The van der Waals surface area contributed by atoms with Crippen molar-refractivity contribution in [2.45, 2.75) is 4.90 Å². The van der Waals surface area contributed by atoms with Crippen LogP contribution in [0.25, 0.3) is 6.08 Å². The standard InChI is InChI=1S/C23H17N3O7S2/c1-32-18-10-8-16(9-11-18)24-23-25-22(27)21(34-23)13-15-4-2-6-19(12-15)33-35(30,31)20-7-3-5-17(14-20)26(28)29/h2-14H,1H3,(H,24,25,27)/b21-13-. The second kappa shape index (κ2) is 9.99. The first-order valence-electron chi connectivity index (χ1n) is 9.96. The maximum absolute atomic E-state index is 12.6. The first-order valence-corrected chi connectivity index (χ1v) is 12.2. The summed E-state index contributed by atoms with van der Waals surface area (Å²) < 4.78 is 35.4. The molecule has 0 spiro atoms. The van der Waals surface area contributed by atoms with E-state index in [0.29, 0.717) is 27.1 Å². The van der Waals surface area contributed by atoms with Gasteiger partial charge in [0.2, 0.25) is 0 Å². The Morgan fingerprint density at radius 2 is 1.77 bits per heavy atom. The molecule has 1 amide bonds. The van der Waals surface area contributed by atoms with E-state index in [1.54, 1.807) is 49.6 Å². The van der Waals surface area contributed by atoms with E-state index < -0.39 is 15.0 Å². The third kappa shape index (κ3) is 5.86. The number of methoxy groups -OCH3 is 1.